The van der Waals surface area contributed by atoms with E-state index in [4.69, 9.17) is 5.11 Å². The Morgan fingerprint density at radius 2 is 2.15 bits per heavy atom. The quantitative estimate of drug-likeness (QED) is 0.739. The molecule has 0 fully saturated rings. The molecule has 0 spiro atoms. The summed E-state index contributed by atoms with van der Waals surface area (Å²) in [6, 6.07) is 4.83. The zero-order valence-electron chi connectivity index (χ0n) is 11.5. The summed E-state index contributed by atoms with van der Waals surface area (Å²) in [5.74, 6) is -1.09. The first-order valence-corrected chi connectivity index (χ1v) is 6.67. The molecule has 1 rings (SSSR count). The van der Waals surface area contributed by atoms with Gasteiger partial charge in [0.2, 0.25) is 5.91 Å². The van der Waals surface area contributed by atoms with Gasteiger partial charge in [-0.2, -0.15) is 0 Å². The van der Waals surface area contributed by atoms with E-state index in [0.717, 1.165) is 0 Å². The number of carbonyl (C=O) groups excluding carboxylic acids is 1. The summed E-state index contributed by atoms with van der Waals surface area (Å²) in [6.07, 6.45) is 2.59. The van der Waals surface area contributed by atoms with E-state index in [1.165, 1.54) is 10.6 Å². The maximum atomic E-state index is 11.7. The van der Waals surface area contributed by atoms with Crippen LogP contribution in [0.25, 0.3) is 0 Å². The first kappa shape index (κ1) is 15.9. The number of amides is 1. The second kappa shape index (κ2) is 8.14. The van der Waals surface area contributed by atoms with Crippen molar-refractivity contribution in [2.45, 2.75) is 32.7 Å². The van der Waals surface area contributed by atoms with Crippen molar-refractivity contribution in [1.29, 1.82) is 0 Å². The number of carboxylic acids is 1. The van der Waals surface area contributed by atoms with E-state index in [2.05, 4.69) is 5.32 Å². The van der Waals surface area contributed by atoms with Crippen LogP contribution in [0.4, 0.5) is 0 Å². The average molecular weight is 280 g/mol. The molecular weight excluding hydrogens is 260 g/mol. The lowest BCUT2D eigenvalue weighted by Crippen LogP contribution is -2.31. The summed E-state index contributed by atoms with van der Waals surface area (Å²) in [6.45, 7) is 2.57. The summed E-state index contributed by atoms with van der Waals surface area (Å²) >= 11 is 0. The van der Waals surface area contributed by atoms with Gasteiger partial charge >= 0.3 is 5.97 Å². The summed E-state index contributed by atoms with van der Waals surface area (Å²) in [7, 11) is 0. The molecule has 0 saturated heterocycles. The minimum absolute atomic E-state index is 0.0505. The van der Waals surface area contributed by atoms with Crippen molar-refractivity contribution in [3.8, 4) is 0 Å². The van der Waals surface area contributed by atoms with Crippen molar-refractivity contribution in [2.24, 2.45) is 5.92 Å². The monoisotopic (exact) mass is 280 g/mol. The molecule has 1 aromatic heterocycles. The Balaban J connectivity index is 2.35. The van der Waals surface area contributed by atoms with Crippen LogP contribution >= 0.6 is 0 Å². The van der Waals surface area contributed by atoms with E-state index in [9.17, 15) is 14.4 Å². The van der Waals surface area contributed by atoms with Crippen LogP contribution in [-0.2, 0) is 16.1 Å². The first-order chi connectivity index (χ1) is 9.52. The number of carboxylic acid groups (broad SMARTS) is 1. The smallest absolute Gasteiger partial charge is 0.303 e. The predicted molar refractivity (Wildman–Crippen MR) is 74.4 cm³/mol. The first-order valence-electron chi connectivity index (χ1n) is 6.67. The summed E-state index contributed by atoms with van der Waals surface area (Å²) < 4.78 is 1.47. The number of carbonyl (C=O) groups is 2. The van der Waals surface area contributed by atoms with Crippen LogP contribution in [0.5, 0.6) is 0 Å². The van der Waals surface area contributed by atoms with Gasteiger partial charge in [0.15, 0.2) is 0 Å². The van der Waals surface area contributed by atoms with Gasteiger partial charge in [-0.05, 0) is 12.0 Å². The van der Waals surface area contributed by atoms with Gasteiger partial charge in [-0.25, -0.2) is 0 Å². The highest BCUT2D eigenvalue weighted by Crippen LogP contribution is 2.06. The topological polar surface area (TPSA) is 88.4 Å². The number of nitrogens with one attached hydrogen (secondary N) is 1. The van der Waals surface area contributed by atoms with Crippen LogP contribution in [0.3, 0.4) is 0 Å². The van der Waals surface area contributed by atoms with Gasteiger partial charge in [-0.1, -0.05) is 19.4 Å². The molecule has 110 valence electrons. The average Bonchev–Trinajstić information content (AvgIpc) is 2.42. The Kier molecular flexibility index (Phi) is 6.49. The number of pyridine rings is 1. The standard InChI is InChI=1S/C14H20N2O4/c1-2-11(9-14(19)20)10-15-12(17)6-8-16-7-4-3-5-13(16)18/h3-5,7,11H,2,6,8-10H2,1H3,(H,15,17)(H,19,20). The molecule has 6 nitrogen and oxygen atoms in total. The fourth-order valence-corrected chi connectivity index (χ4v) is 1.82. The number of aromatic nitrogens is 1. The summed E-state index contributed by atoms with van der Waals surface area (Å²) in [5.41, 5.74) is -0.141. The third kappa shape index (κ3) is 5.69. The van der Waals surface area contributed by atoms with E-state index < -0.39 is 5.97 Å². The lowest BCUT2D eigenvalue weighted by molar-refractivity contribution is -0.138. The minimum atomic E-state index is -0.859. The number of rotatable bonds is 8. The van der Waals surface area contributed by atoms with Crippen molar-refractivity contribution < 1.29 is 14.7 Å². The Morgan fingerprint density at radius 3 is 2.75 bits per heavy atom. The molecule has 1 aromatic rings. The number of hydrogen-bond donors (Lipinski definition) is 2. The Bertz CT molecular complexity index is 510. The fraction of sp³-hybridized carbons (Fsp3) is 0.500. The van der Waals surface area contributed by atoms with Crippen molar-refractivity contribution in [3.63, 3.8) is 0 Å². The molecule has 2 N–H and O–H groups in total. The number of nitrogens with zero attached hydrogens (tertiary/aromatic N) is 1. The van der Waals surface area contributed by atoms with Crippen LogP contribution < -0.4 is 10.9 Å². The van der Waals surface area contributed by atoms with Gasteiger partial charge < -0.3 is 15.0 Å². The minimum Gasteiger partial charge on any atom is -0.481 e. The Labute approximate surface area is 117 Å². The van der Waals surface area contributed by atoms with Crippen LogP contribution in [0.2, 0.25) is 0 Å². The van der Waals surface area contributed by atoms with Gasteiger partial charge in [0.25, 0.3) is 5.56 Å². The summed E-state index contributed by atoms with van der Waals surface area (Å²) in [4.78, 5) is 33.7. The van der Waals surface area contributed by atoms with Crippen LogP contribution in [0.15, 0.2) is 29.2 Å². The largest absolute Gasteiger partial charge is 0.481 e. The van der Waals surface area contributed by atoms with E-state index in [0.29, 0.717) is 19.5 Å². The summed E-state index contributed by atoms with van der Waals surface area (Å²) in [5, 5.41) is 11.4. The van der Waals surface area contributed by atoms with Gasteiger partial charge in [0.1, 0.15) is 0 Å². The molecule has 6 heteroatoms. The lowest BCUT2D eigenvalue weighted by Gasteiger charge is -2.13. The fourth-order valence-electron chi connectivity index (χ4n) is 1.82. The van der Waals surface area contributed by atoms with Gasteiger partial charge in [-0.15, -0.1) is 0 Å². The predicted octanol–water partition coefficient (Wildman–Crippen LogP) is 0.855. The second-order valence-electron chi connectivity index (χ2n) is 4.66. The van der Waals surface area contributed by atoms with Gasteiger partial charge in [0, 0.05) is 38.2 Å². The third-order valence-corrected chi connectivity index (χ3v) is 3.11. The van der Waals surface area contributed by atoms with E-state index in [1.54, 1.807) is 18.3 Å². The Hall–Kier alpha value is -2.11. The van der Waals surface area contributed by atoms with Crippen LogP contribution in [-0.4, -0.2) is 28.1 Å². The maximum Gasteiger partial charge on any atom is 0.303 e. The third-order valence-electron chi connectivity index (χ3n) is 3.11. The molecule has 0 aliphatic carbocycles. The molecule has 0 bridgehead atoms. The van der Waals surface area contributed by atoms with Crippen molar-refractivity contribution in [3.05, 3.63) is 34.7 Å². The van der Waals surface area contributed by atoms with Crippen molar-refractivity contribution >= 4 is 11.9 Å². The van der Waals surface area contributed by atoms with Gasteiger partial charge in [-0.3, -0.25) is 14.4 Å². The molecule has 0 saturated carbocycles. The Morgan fingerprint density at radius 1 is 1.40 bits per heavy atom. The second-order valence-corrected chi connectivity index (χ2v) is 4.66. The molecule has 0 aromatic carbocycles. The van der Waals surface area contributed by atoms with E-state index >= 15 is 0 Å². The zero-order chi connectivity index (χ0) is 15.0. The van der Waals surface area contributed by atoms with E-state index in [-0.39, 0.29) is 30.2 Å². The molecule has 1 unspecified atom stereocenters. The SMILES string of the molecule is CCC(CNC(=O)CCn1ccccc1=O)CC(=O)O. The van der Waals surface area contributed by atoms with Crippen LogP contribution in [0, 0.1) is 5.92 Å². The van der Waals surface area contributed by atoms with Gasteiger partial charge in [0.05, 0.1) is 0 Å². The zero-order valence-corrected chi connectivity index (χ0v) is 11.5. The molecule has 1 amide bonds. The number of aliphatic carboxylic acids is 1. The molecule has 1 heterocycles. The molecule has 1 atom stereocenters. The van der Waals surface area contributed by atoms with Crippen molar-refractivity contribution in [1.82, 2.24) is 9.88 Å². The highest BCUT2D eigenvalue weighted by molar-refractivity contribution is 5.75. The molecule has 0 aliphatic rings. The molecule has 0 aliphatic heterocycles. The van der Waals surface area contributed by atoms with E-state index in [1.807, 2.05) is 6.92 Å². The molecule has 20 heavy (non-hydrogen) atoms. The highest BCUT2D eigenvalue weighted by Gasteiger charge is 2.12. The lowest BCUT2D eigenvalue weighted by atomic mass is 10.0. The molecular formula is C14H20N2O4. The number of aryl methyl sites for hydroxylation is 1. The molecule has 0 radical (unpaired) electrons. The maximum absolute atomic E-state index is 11.7. The normalized spacial score (nSPS) is 11.8. The van der Waals surface area contributed by atoms with Crippen LogP contribution in [0.1, 0.15) is 26.2 Å². The highest BCUT2D eigenvalue weighted by atomic mass is 16.4. The number of hydrogen-bond acceptors (Lipinski definition) is 3. The van der Waals surface area contributed by atoms with Crippen molar-refractivity contribution in [2.75, 3.05) is 6.54 Å².